The van der Waals surface area contributed by atoms with Crippen molar-refractivity contribution in [2.45, 2.75) is 120 Å². The van der Waals surface area contributed by atoms with Gasteiger partial charge < -0.3 is 0 Å². The molecule has 0 aromatic rings. The summed E-state index contributed by atoms with van der Waals surface area (Å²) in [5.41, 5.74) is 0. The second kappa shape index (κ2) is 19.1. The summed E-state index contributed by atoms with van der Waals surface area (Å²) in [6, 6.07) is 0. The third kappa shape index (κ3) is 18.9. The number of rotatable bonds is 18. The summed E-state index contributed by atoms with van der Waals surface area (Å²) in [6.07, 6.45) is 18.3. The SMILES string of the molecule is CCC[CH2][Sn]([CH2]CCC)[O]CCCCCCCCCCC(C)C. The van der Waals surface area contributed by atoms with E-state index in [2.05, 4.69) is 27.7 Å². The zero-order valence-electron chi connectivity index (χ0n) is 16.8. The minimum absolute atomic E-state index is 0.888. The van der Waals surface area contributed by atoms with Gasteiger partial charge in [0.25, 0.3) is 0 Å². The Hall–Kier alpha value is 0.759. The number of hydrogen-bond acceptors (Lipinski definition) is 1. The van der Waals surface area contributed by atoms with Crippen molar-refractivity contribution in [1.29, 1.82) is 0 Å². The van der Waals surface area contributed by atoms with Crippen LogP contribution in [-0.4, -0.2) is 26.8 Å². The molecule has 0 bridgehead atoms. The molecule has 0 saturated carbocycles. The van der Waals surface area contributed by atoms with Gasteiger partial charge in [-0.1, -0.05) is 13.8 Å². The summed E-state index contributed by atoms with van der Waals surface area (Å²) in [5, 5.41) is 0. The van der Waals surface area contributed by atoms with Crippen molar-refractivity contribution in [2.75, 3.05) is 6.61 Å². The first-order chi connectivity index (χ1) is 11.2. The zero-order valence-corrected chi connectivity index (χ0v) is 19.7. The van der Waals surface area contributed by atoms with Gasteiger partial charge in [0.1, 0.15) is 0 Å². The predicted octanol–water partition coefficient (Wildman–Crippen LogP) is 7.76. The summed E-state index contributed by atoms with van der Waals surface area (Å²) in [4.78, 5) is 0. The van der Waals surface area contributed by atoms with E-state index in [1.165, 1.54) is 92.3 Å². The van der Waals surface area contributed by atoms with Gasteiger partial charge in [0.15, 0.2) is 0 Å². The molecule has 0 aliphatic carbocycles. The minimum Gasteiger partial charge on any atom is -0.0628 e. The van der Waals surface area contributed by atoms with Crippen molar-refractivity contribution in [3.63, 3.8) is 0 Å². The molecule has 0 amide bonds. The van der Waals surface area contributed by atoms with Crippen LogP contribution in [0.2, 0.25) is 8.87 Å². The molecule has 1 radical (unpaired) electrons. The van der Waals surface area contributed by atoms with E-state index in [0.29, 0.717) is 0 Å². The van der Waals surface area contributed by atoms with Crippen molar-refractivity contribution < 1.29 is 3.07 Å². The van der Waals surface area contributed by atoms with E-state index in [-0.39, 0.29) is 0 Å². The van der Waals surface area contributed by atoms with Gasteiger partial charge in [0.05, 0.1) is 0 Å². The van der Waals surface area contributed by atoms with E-state index >= 15 is 0 Å². The van der Waals surface area contributed by atoms with Gasteiger partial charge in [-0.3, -0.25) is 0 Å². The fourth-order valence-electron chi connectivity index (χ4n) is 2.95. The average molecular weight is 432 g/mol. The first-order valence-electron chi connectivity index (χ1n) is 10.7. The minimum atomic E-state index is -1.44. The summed E-state index contributed by atoms with van der Waals surface area (Å²) in [5.74, 6) is 0.888. The van der Waals surface area contributed by atoms with Crippen LogP contribution < -0.4 is 0 Å². The average Bonchev–Trinajstić information content (AvgIpc) is 2.54. The van der Waals surface area contributed by atoms with Crippen molar-refractivity contribution in [3.05, 3.63) is 0 Å². The zero-order chi connectivity index (χ0) is 17.2. The van der Waals surface area contributed by atoms with Crippen LogP contribution in [0.3, 0.4) is 0 Å². The molecule has 0 saturated heterocycles. The molecular formula is C21H45OSn. The second-order valence-corrected chi connectivity index (χ2v) is 14.4. The Bertz CT molecular complexity index is 210. The van der Waals surface area contributed by atoms with Gasteiger partial charge in [-0.05, 0) is 0 Å². The Morgan fingerprint density at radius 3 is 1.61 bits per heavy atom. The van der Waals surface area contributed by atoms with Gasteiger partial charge in [0, 0.05) is 0 Å². The fraction of sp³-hybridized carbons (Fsp3) is 1.00. The molecule has 0 N–H and O–H groups in total. The first-order valence-corrected chi connectivity index (χ1v) is 15.9. The normalized spacial score (nSPS) is 11.7. The van der Waals surface area contributed by atoms with Crippen LogP contribution in [0.15, 0.2) is 0 Å². The van der Waals surface area contributed by atoms with Crippen LogP contribution in [0.5, 0.6) is 0 Å². The van der Waals surface area contributed by atoms with E-state index in [1.807, 2.05) is 0 Å². The molecule has 1 nitrogen and oxygen atoms in total. The maximum absolute atomic E-state index is 6.32. The Balaban J connectivity index is 3.34. The van der Waals surface area contributed by atoms with E-state index in [0.717, 1.165) is 12.5 Å². The molecular weight excluding hydrogens is 387 g/mol. The molecule has 0 aliphatic rings. The Morgan fingerprint density at radius 2 is 1.13 bits per heavy atom. The van der Waals surface area contributed by atoms with Crippen molar-refractivity contribution in [3.8, 4) is 0 Å². The van der Waals surface area contributed by atoms with E-state index in [4.69, 9.17) is 3.07 Å². The molecule has 0 aromatic carbocycles. The predicted molar refractivity (Wildman–Crippen MR) is 108 cm³/mol. The van der Waals surface area contributed by atoms with Crippen molar-refractivity contribution in [2.24, 2.45) is 5.92 Å². The number of unbranched alkanes of at least 4 members (excludes halogenated alkanes) is 9. The van der Waals surface area contributed by atoms with Crippen LogP contribution in [-0.2, 0) is 3.07 Å². The Morgan fingerprint density at radius 1 is 0.652 bits per heavy atom. The second-order valence-electron chi connectivity index (χ2n) is 7.61. The standard InChI is InChI=1S/C13H27O.2C4H9.Sn/c1-13(2)11-9-7-5-3-4-6-8-10-12-14;2*1-3-4-2;/h13H,3-12H2,1-2H3;2*1,3-4H2,2H3;/q-1;;;+1. The van der Waals surface area contributed by atoms with E-state index in [9.17, 15) is 0 Å². The molecule has 0 heterocycles. The maximum atomic E-state index is 6.32. The molecule has 0 rings (SSSR count). The topological polar surface area (TPSA) is 9.23 Å². The molecule has 2 heteroatoms. The third-order valence-corrected chi connectivity index (χ3v) is 11.5. The van der Waals surface area contributed by atoms with Gasteiger partial charge in [-0.15, -0.1) is 0 Å². The number of hydrogen-bond donors (Lipinski definition) is 0. The summed E-state index contributed by atoms with van der Waals surface area (Å²) in [7, 11) is 0. The van der Waals surface area contributed by atoms with Crippen LogP contribution in [0.4, 0.5) is 0 Å². The van der Waals surface area contributed by atoms with Gasteiger partial charge in [0.2, 0.25) is 0 Å². The van der Waals surface area contributed by atoms with Crippen LogP contribution in [0.25, 0.3) is 0 Å². The molecule has 0 spiro atoms. The smallest absolute Gasteiger partial charge is 0.0628 e. The molecule has 0 unspecified atom stereocenters. The van der Waals surface area contributed by atoms with Crippen LogP contribution >= 0.6 is 0 Å². The Labute approximate surface area is 155 Å². The summed E-state index contributed by atoms with van der Waals surface area (Å²) < 4.78 is 9.26. The molecule has 23 heavy (non-hydrogen) atoms. The molecule has 0 aliphatic heterocycles. The van der Waals surface area contributed by atoms with Crippen molar-refractivity contribution in [1.82, 2.24) is 0 Å². The summed E-state index contributed by atoms with van der Waals surface area (Å²) in [6.45, 7) is 10.4. The van der Waals surface area contributed by atoms with Gasteiger partial charge >= 0.3 is 142 Å². The van der Waals surface area contributed by atoms with E-state index in [1.54, 1.807) is 0 Å². The monoisotopic (exact) mass is 433 g/mol. The molecule has 0 atom stereocenters. The molecule has 0 aromatic heterocycles. The molecule has 139 valence electrons. The van der Waals surface area contributed by atoms with E-state index < -0.39 is 20.2 Å². The van der Waals surface area contributed by atoms with Crippen LogP contribution in [0.1, 0.15) is 111 Å². The first kappa shape index (κ1) is 23.8. The molecule has 0 fully saturated rings. The fourth-order valence-corrected chi connectivity index (χ4v) is 9.99. The van der Waals surface area contributed by atoms with Gasteiger partial charge in [-0.2, -0.15) is 0 Å². The summed E-state index contributed by atoms with van der Waals surface area (Å²) >= 11 is -1.44. The quantitative estimate of drug-likeness (QED) is 0.159. The van der Waals surface area contributed by atoms with Gasteiger partial charge in [-0.25, -0.2) is 0 Å². The van der Waals surface area contributed by atoms with Crippen molar-refractivity contribution >= 4 is 20.2 Å². The van der Waals surface area contributed by atoms with Crippen LogP contribution in [0, 0.1) is 5.92 Å². The Kier molecular flexibility index (Phi) is 19.7. The third-order valence-electron chi connectivity index (χ3n) is 4.60.